The van der Waals surface area contributed by atoms with Gasteiger partial charge in [-0.3, -0.25) is 4.79 Å². The number of anilines is 1. The van der Waals surface area contributed by atoms with Crippen LogP contribution in [0.2, 0.25) is 0 Å². The summed E-state index contributed by atoms with van der Waals surface area (Å²) in [6, 6.07) is 4.98. The molecule has 1 aromatic carbocycles. The number of hydrogen-bond donors (Lipinski definition) is 1. The fourth-order valence-electron chi connectivity index (χ4n) is 4.25. The first kappa shape index (κ1) is 23.2. The first-order valence-electron chi connectivity index (χ1n) is 11.1. The number of thiazole rings is 1. The lowest BCUT2D eigenvalue weighted by Crippen LogP contribution is -2.30. The fraction of sp³-hybridized carbons (Fsp3) is 0.636. The summed E-state index contributed by atoms with van der Waals surface area (Å²) in [5, 5.41) is 3.51. The van der Waals surface area contributed by atoms with Gasteiger partial charge in [0, 0.05) is 19.0 Å². The summed E-state index contributed by atoms with van der Waals surface area (Å²) in [5.41, 5.74) is 0.706. The molecular weight excluding hydrogens is 418 g/mol. The lowest BCUT2D eigenvalue weighted by molar-refractivity contribution is -0.121. The van der Waals surface area contributed by atoms with Crippen LogP contribution in [0, 0.1) is 11.8 Å². The van der Waals surface area contributed by atoms with Crippen LogP contribution in [0.4, 0.5) is 5.13 Å². The van der Waals surface area contributed by atoms with Gasteiger partial charge in [0.05, 0.1) is 15.1 Å². The first-order chi connectivity index (χ1) is 14.4. The molecule has 1 N–H and O–H groups in total. The second-order valence-electron chi connectivity index (χ2n) is 8.09. The van der Waals surface area contributed by atoms with Crippen LogP contribution in [0.1, 0.15) is 65.7 Å². The van der Waals surface area contributed by atoms with Gasteiger partial charge in [-0.15, -0.1) is 0 Å². The number of nitrogens with zero attached hydrogens (tertiary/aromatic N) is 2. The zero-order valence-electron chi connectivity index (χ0n) is 18.2. The molecule has 8 heteroatoms. The standard InChI is InChI=1S/C22H33N3O3S2/c1-4-7-8-16-9-11-17(12-10-16)21(26)24-22-23-19-14-13-18(15-20(19)29-22)30(27,28)25(5-2)6-3/h13-17H,4-12H2,1-3H3,(H,23,24,26). The summed E-state index contributed by atoms with van der Waals surface area (Å²) in [6.07, 6.45) is 7.93. The molecule has 1 aromatic heterocycles. The lowest BCUT2D eigenvalue weighted by Gasteiger charge is -2.27. The van der Waals surface area contributed by atoms with Crippen molar-refractivity contribution in [3.8, 4) is 0 Å². The van der Waals surface area contributed by atoms with Gasteiger partial charge in [0.25, 0.3) is 0 Å². The number of unbranched alkanes of at least 4 members (excludes halogenated alkanes) is 1. The van der Waals surface area contributed by atoms with Crippen LogP contribution in [0.25, 0.3) is 10.2 Å². The van der Waals surface area contributed by atoms with Crippen molar-refractivity contribution < 1.29 is 13.2 Å². The van der Waals surface area contributed by atoms with Crippen LogP contribution in [-0.2, 0) is 14.8 Å². The van der Waals surface area contributed by atoms with E-state index >= 15 is 0 Å². The van der Waals surface area contributed by atoms with Gasteiger partial charge < -0.3 is 5.32 Å². The average molecular weight is 452 g/mol. The Balaban J connectivity index is 1.67. The molecule has 0 unspecified atom stereocenters. The SMILES string of the molecule is CCCCC1CCC(C(=O)Nc2nc3ccc(S(=O)(=O)N(CC)CC)cc3s2)CC1. The van der Waals surface area contributed by atoms with Crippen LogP contribution in [-0.4, -0.2) is 36.7 Å². The topological polar surface area (TPSA) is 79.4 Å². The average Bonchev–Trinajstić information content (AvgIpc) is 3.14. The van der Waals surface area contributed by atoms with E-state index in [0.29, 0.717) is 23.7 Å². The van der Waals surface area contributed by atoms with Gasteiger partial charge in [0.2, 0.25) is 15.9 Å². The maximum absolute atomic E-state index is 12.8. The molecule has 1 amide bonds. The van der Waals surface area contributed by atoms with E-state index in [9.17, 15) is 13.2 Å². The summed E-state index contributed by atoms with van der Waals surface area (Å²) in [5.74, 6) is 0.857. The predicted octanol–water partition coefficient (Wildman–Crippen LogP) is 5.26. The van der Waals surface area contributed by atoms with Gasteiger partial charge in [-0.25, -0.2) is 13.4 Å². The van der Waals surface area contributed by atoms with Crippen molar-refractivity contribution in [2.75, 3.05) is 18.4 Å². The number of aromatic nitrogens is 1. The molecule has 1 aliphatic carbocycles. The van der Waals surface area contributed by atoms with E-state index in [2.05, 4.69) is 17.2 Å². The van der Waals surface area contributed by atoms with E-state index < -0.39 is 10.0 Å². The zero-order chi connectivity index (χ0) is 21.7. The molecule has 30 heavy (non-hydrogen) atoms. The van der Waals surface area contributed by atoms with Crippen LogP contribution in [0.5, 0.6) is 0 Å². The fourth-order valence-corrected chi connectivity index (χ4v) is 6.71. The summed E-state index contributed by atoms with van der Waals surface area (Å²) >= 11 is 1.33. The van der Waals surface area contributed by atoms with Gasteiger partial charge >= 0.3 is 0 Å². The highest BCUT2D eigenvalue weighted by Crippen LogP contribution is 2.34. The molecule has 2 aromatic rings. The van der Waals surface area contributed by atoms with E-state index in [1.807, 2.05) is 13.8 Å². The van der Waals surface area contributed by atoms with Gasteiger partial charge in [-0.1, -0.05) is 51.4 Å². The van der Waals surface area contributed by atoms with E-state index in [1.54, 1.807) is 18.2 Å². The van der Waals surface area contributed by atoms with Crippen molar-refractivity contribution >= 4 is 42.6 Å². The van der Waals surface area contributed by atoms with Crippen molar-refractivity contribution in [2.24, 2.45) is 11.8 Å². The Hall–Kier alpha value is -1.51. The highest BCUT2D eigenvalue weighted by molar-refractivity contribution is 7.89. The molecule has 0 saturated heterocycles. The molecular formula is C22H33N3O3S2. The molecule has 6 nitrogen and oxygen atoms in total. The third-order valence-corrected chi connectivity index (χ3v) is 9.10. The van der Waals surface area contributed by atoms with E-state index in [-0.39, 0.29) is 16.7 Å². The quantitative estimate of drug-likeness (QED) is 0.564. The largest absolute Gasteiger partial charge is 0.302 e. The highest BCUT2D eigenvalue weighted by Gasteiger charge is 2.27. The van der Waals surface area contributed by atoms with E-state index in [4.69, 9.17) is 0 Å². The van der Waals surface area contributed by atoms with Crippen LogP contribution in [0.15, 0.2) is 23.1 Å². The number of benzene rings is 1. The smallest absolute Gasteiger partial charge is 0.243 e. The Kier molecular flexibility index (Phi) is 7.87. The molecule has 1 heterocycles. The molecule has 1 saturated carbocycles. The molecule has 0 aliphatic heterocycles. The number of fused-ring (bicyclic) bond motifs is 1. The van der Waals surface area contributed by atoms with Gasteiger partial charge in [-0.05, 0) is 49.8 Å². The molecule has 0 bridgehead atoms. The Bertz CT molecular complexity index is 959. The molecule has 0 atom stereocenters. The monoisotopic (exact) mass is 451 g/mol. The molecule has 1 fully saturated rings. The van der Waals surface area contributed by atoms with Gasteiger partial charge in [-0.2, -0.15) is 4.31 Å². The molecule has 3 rings (SSSR count). The summed E-state index contributed by atoms with van der Waals surface area (Å²) < 4.78 is 27.7. The summed E-state index contributed by atoms with van der Waals surface area (Å²) in [6.45, 7) is 6.75. The minimum atomic E-state index is -3.51. The Morgan fingerprint density at radius 3 is 2.50 bits per heavy atom. The number of rotatable bonds is 9. The maximum atomic E-state index is 12.8. The minimum absolute atomic E-state index is 0.0407. The maximum Gasteiger partial charge on any atom is 0.243 e. The number of carbonyl (C=O) groups is 1. The van der Waals surface area contributed by atoms with Gasteiger partial charge in [0.15, 0.2) is 5.13 Å². The molecule has 166 valence electrons. The van der Waals surface area contributed by atoms with Crippen LogP contribution < -0.4 is 5.32 Å². The Morgan fingerprint density at radius 1 is 1.17 bits per heavy atom. The minimum Gasteiger partial charge on any atom is -0.302 e. The Labute approximate surface area is 184 Å². The molecule has 1 aliphatic rings. The van der Waals surface area contributed by atoms with Crippen molar-refractivity contribution in [3.63, 3.8) is 0 Å². The van der Waals surface area contributed by atoms with Crippen molar-refractivity contribution in [1.82, 2.24) is 9.29 Å². The van der Waals surface area contributed by atoms with E-state index in [0.717, 1.165) is 36.3 Å². The van der Waals surface area contributed by atoms with Crippen molar-refractivity contribution in [2.45, 2.75) is 70.6 Å². The van der Waals surface area contributed by atoms with Crippen molar-refractivity contribution in [1.29, 1.82) is 0 Å². The lowest BCUT2D eigenvalue weighted by atomic mass is 9.79. The van der Waals surface area contributed by atoms with Gasteiger partial charge in [0.1, 0.15) is 0 Å². The molecule has 0 spiro atoms. The molecule has 0 radical (unpaired) electrons. The number of sulfonamides is 1. The number of hydrogen-bond acceptors (Lipinski definition) is 5. The third kappa shape index (κ3) is 5.21. The predicted molar refractivity (Wildman–Crippen MR) is 123 cm³/mol. The third-order valence-electron chi connectivity index (χ3n) is 6.12. The van der Waals surface area contributed by atoms with Crippen LogP contribution in [0.3, 0.4) is 0 Å². The number of nitrogens with one attached hydrogen (secondary N) is 1. The second kappa shape index (κ2) is 10.2. The number of carbonyl (C=O) groups excluding carboxylic acids is 1. The summed E-state index contributed by atoms with van der Waals surface area (Å²) in [4.78, 5) is 17.5. The Morgan fingerprint density at radius 2 is 1.87 bits per heavy atom. The van der Waals surface area contributed by atoms with E-state index in [1.165, 1.54) is 34.9 Å². The van der Waals surface area contributed by atoms with Crippen molar-refractivity contribution in [3.05, 3.63) is 18.2 Å². The second-order valence-corrected chi connectivity index (χ2v) is 11.1. The summed E-state index contributed by atoms with van der Waals surface area (Å²) in [7, 11) is -3.51. The van der Waals surface area contributed by atoms with Crippen LogP contribution >= 0.6 is 11.3 Å². The number of amides is 1. The zero-order valence-corrected chi connectivity index (χ0v) is 19.8. The normalized spacial score (nSPS) is 20.0. The highest BCUT2D eigenvalue weighted by atomic mass is 32.2. The first-order valence-corrected chi connectivity index (χ1v) is 13.4.